The van der Waals surface area contributed by atoms with Gasteiger partial charge in [0, 0.05) is 12.5 Å². The van der Waals surface area contributed by atoms with E-state index in [4.69, 9.17) is 0 Å². The van der Waals surface area contributed by atoms with Gasteiger partial charge in [-0.3, -0.25) is 0 Å². The second-order valence-electron chi connectivity index (χ2n) is 4.97. The molecule has 0 aromatic carbocycles. The molecule has 5 heteroatoms. The maximum Gasteiger partial charge on any atom is 0.176 e. The number of aromatic nitrogens is 4. The molecule has 1 heterocycles. The van der Waals surface area contributed by atoms with Gasteiger partial charge in [-0.1, -0.05) is 13.3 Å². The van der Waals surface area contributed by atoms with E-state index < -0.39 is 0 Å². The van der Waals surface area contributed by atoms with Crippen molar-refractivity contribution in [3.05, 3.63) is 5.82 Å². The summed E-state index contributed by atoms with van der Waals surface area (Å²) in [4.78, 5) is 1.53. The number of hydrogen-bond donors (Lipinski definition) is 1. The molecule has 2 rings (SSSR count). The van der Waals surface area contributed by atoms with Crippen LogP contribution in [0.5, 0.6) is 0 Å². The van der Waals surface area contributed by atoms with E-state index in [-0.39, 0.29) is 0 Å². The van der Waals surface area contributed by atoms with Gasteiger partial charge < -0.3 is 5.32 Å². The van der Waals surface area contributed by atoms with Crippen LogP contribution >= 0.6 is 0 Å². The van der Waals surface area contributed by atoms with E-state index in [0.29, 0.717) is 6.04 Å². The van der Waals surface area contributed by atoms with Crippen LogP contribution in [0, 0.1) is 11.8 Å². The van der Waals surface area contributed by atoms with E-state index in [2.05, 4.69) is 27.7 Å². The number of nitrogens with zero attached hydrogens (tertiary/aromatic N) is 4. The first-order valence-electron chi connectivity index (χ1n) is 6.09. The number of rotatable bonds is 4. The Morgan fingerprint density at radius 1 is 1.50 bits per heavy atom. The van der Waals surface area contributed by atoms with Crippen molar-refractivity contribution in [2.75, 3.05) is 7.05 Å². The lowest BCUT2D eigenvalue weighted by Crippen LogP contribution is -2.34. The summed E-state index contributed by atoms with van der Waals surface area (Å²) in [6.07, 6.45) is 4.90. The zero-order chi connectivity index (χ0) is 11.5. The van der Waals surface area contributed by atoms with Crippen molar-refractivity contribution < 1.29 is 0 Å². The molecule has 1 N–H and O–H groups in total. The fourth-order valence-corrected chi connectivity index (χ4v) is 2.72. The second kappa shape index (κ2) is 4.91. The summed E-state index contributed by atoms with van der Waals surface area (Å²) in [5.41, 5.74) is 0. The monoisotopic (exact) mass is 223 g/mol. The molecule has 1 aromatic heterocycles. The Morgan fingerprint density at radius 2 is 2.31 bits per heavy atom. The van der Waals surface area contributed by atoms with Crippen molar-refractivity contribution >= 4 is 0 Å². The minimum absolute atomic E-state index is 0.495. The van der Waals surface area contributed by atoms with Crippen LogP contribution in [-0.4, -0.2) is 33.3 Å². The fraction of sp³-hybridized carbons (Fsp3) is 0.909. The first-order valence-corrected chi connectivity index (χ1v) is 6.09. The summed E-state index contributed by atoms with van der Waals surface area (Å²) < 4.78 is 0. The molecule has 0 spiro atoms. The molecular formula is C11H21N5. The average molecular weight is 223 g/mol. The molecule has 1 aliphatic carbocycles. The maximum atomic E-state index is 4.24. The van der Waals surface area contributed by atoms with Crippen LogP contribution in [0.2, 0.25) is 0 Å². The summed E-state index contributed by atoms with van der Waals surface area (Å²) in [6.45, 7) is 2.34. The van der Waals surface area contributed by atoms with Crippen molar-refractivity contribution in [2.24, 2.45) is 18.9 Å². The molecule has 0 bridgehead atoms. The first kappa shape index (κ1) is 11.5. The SMILES string of the molecule is CNC(Cc1nnn(C)n1)C1CCC(C)C1. The van der Waals surface area contributed by atoms with Gasteiger partial charge in [0.05, 0.1) is 7.05 Å². The predicted molar refractivity (Wildman–Crippen MR) is 61.9 cm³/mol. The third kappa shape index (κ3) is 2.58. The highest BCUT2D eigenvalue weighted by atomic mass is 15.6. The van der Waals surface area contributed by atoms with Crippen molar-refractivity contribution in [1.29, 1.82) is 0 Å². The molecule has 0 aliphatic heterocycles. The molecule has 3 atom stereocenters. The van der Waals surface area contributed by atoms with E-state index in [1.807, 2.05) is 14.1 Å². The molecule has 90 valence electrons. The highest BCUT2D eigenvalue weighted by molar-refractivity contribution is 4.90. The van der Waals surface area contributed by atoms with Gasteiger partial charge in [-0.15, -0.1) is 10.2 Å². The van der Waals surface area contributed by atoms with E-state index in [1.165, 1.54) is 24.1 Å². The van der Waals surface area contributed by atoms with Crippen LogP contribution in [0.15, 0.2) is 0 Å². The van der Waals surface area contributed by atoms with Crippen LogP contribution < -0.4 is 5.32 Å². The summed E-state index contributed by atoms with van der Waals surface area (Å²) in [6, 6.07) is 0.495. The van der Waals surface area contributed by atoms with Gasteiger partial charge in [-0.05, 0) is 36.9 Å². The number of likely N-dealkylation sites (N-methyl/N-ethyl adjacent to an activating group) is 1. The first-order chi connectivity index (χ1) is 7.69. The third-order valence-corrected chi connectivity index (χ3v) is 3.63. The molecule has 5 nitrogen and oxygen atoms in total. The van der Waals surface area contributed by atoms with Gasteiger partial charge in [0.15, 0.2) is 5.82 Å². The van der Waals surface area contributed by atoms with E-state index in [1.54, 1.807) is 0 Å². The van der Waals surface area contributed by atoms with E-state index >= 15 is 0 Å². The predicted octanol–water partition coefficient (Wildman–Crippen LogP) is 0.777. The lowest BCUT2D eigenvalue weighted by Gasteiger charge is -2.21. The molecular weight excluding hydrogens is 202 g/mol. The minimum Gasteiger partial charge on any atom is -0.316 e. The van der Waals surface area contributed by atoms with Crippen LogP contribution in [0.25, 0.3) is 0 Å². The van der Waals surface area contributed by atoms with Gasteiger partial charge >= 0.3 is 0 Å². The number of nitrogens with one attached hydrogen (secondary N) is 1. The zero-order valence-electron chi connectivity index (χ0n) is 10.3. The highest BCUT2D eigenvalue weighted by Crippen LogP contribution is 2.33. The molecule has 1 aliphatic rings. The Bertz CT molecular complexity index is 335. The largest absolute Gasteiger partial charge is 0.316 e. The van der Waals surface area contributed by atoms with E-state index in [9.17, 15) is 0 Å². The normalized spacial score (nSPS) is 27.2. The molecule has 0 amide bonds. The topological polar surface area (TPSA) is 55.6 Å². The van der Waals surface area contributed by atoms with Crippen LogP contribution in [0.1, 0.15) is 32.0 Å². The average Bonchev–Trinajstić information content (AvgIpc) is 2.84. The Labute approximate surface area is 96.6 Å². The second-order valence-corrected chi connectivity index (χ2v) is 4.97. The van der Waals surface area contributed by atoms with Gasteiger partial charge in [0.2, 0.25) is 0 Å². The quantitative estimate of drug-likeness (QED) is 0.819. The summed E-state index contributed by atoms with van der Waals surface area (Å²) in [5.74, 6) is 2.49. The van der Waals surface area contributed by atoms with Crippen LogP contribution in [0.3, 0.4) is 0 Å². The van der Waals surface area contributed by atoms with Gasteiger partial charge in [0.25, 0.3) is 0 Å². The lowest BCUT2D eigenvalue weighted by molar-refractivity contribution is 0.362. The Morgan fingerprint density at radius 3 is 2.81 bits per heavy atom. The van der Waals surface area contributed by atoms with Crippen LogP contribution in [-0.2, 0) is 13.5 Å². The van der Waals surface area contributed by atoms with Crippen LogP contribution in [0.4, 0.5) is 0 Å². The third-order valence-electron chi connectivity index (χ3n) is 3.63. The van der Waals surface area contributed by atoms with E-state index in [0.717, 1.165) is 24.1 Å². The number of tetrazole rings is 1. The molecule has 0 saturated heterocycles. The minimum atomic E-state index is 0.495. The molecule has 0 radical (unpaired) electrons. The number of hydrogen-bond acceptors (Lipinski definition) is 4. The molecule has 3 unspecified atom stereocenters. The van der Waals surface area contributed by atoms with Gasteiger partial charge in [-0.25, -0.2) is 0 Å². The molecule has 1 saturated carbocycles. The summed E-state index contributed by atoms with van der Waals surface area (Å²) in [5, 5.41) is 15.6. The Hall–Kier alpha value is -0.970. The lowest BCUT2D eigenvalue weighted by atomic mass is 9.94. The van der Waals surface area contributed by atoms with Gasteiger partial charge in [0.1, 0.15) is 0 Å². The zero-order valence-corrected chi connectivity index (χ0v) is 10.3. The van der Waals surface area contributed by atoms with Crippen molar-refractivity contribution in [1.82, 2.24) is 25.5 Å². The smallest absolute Gasteiger partial charge is 0.176 e. The Kier molecular flexibility index (Phi) is 3.53. The van der Waals surface area contributed by atoms with Gasteiger partial charge in [-0.2, -0.15) is 4.80 Å². The van der Waals surface area contributed by atoms with Crippen molar-refractivity contribution in [2.45, 2.75) is 38.6 Å². The van der Waals surface area contributed by atoms with Crippen molar-refractivity contribution in [3.63, 3.8) is 0 Å². The maximum absolute atomic E-state index is 4.24. The van der Waals surface area contributed by atoms with Crippen molar-refractivity contribution in [3.8, 4) is 0 Å². The highest BCUT2D eigenvalue weighted by Gasteiger charge is 2.28. The standard InChI is InChI=1S/C11H21N5/c1-8-4-5-9(6-8)10(12-2)7-11-13-15-16(3)14-11/h8-10,12H,4-7H2,1-3H3. The fourth-order valence-electron chi connectivity index (χ4n) is 2.72. The summed E-state index contributed by atoms with van der Waals surface area (Å²) in [7, 11) is 3.84. The molecule has 16 heavy (non-hydrogen) atoms. The Balaban J connectivity index is 1.95. The molecule has 1 fully saturated rings. The molecule has 1 aromatic rings. The summed E-state index contributed by atoms with van der Waals surface area (Å²) >= 11 is 0. The number of aryl methyl sites for hydroxylation is 1.